The van der Waals surface area contributed by atoms with E-state index in [4.69, 9.17) is 0 Å². The topological polar surface area (TPSA) is 120 Å². The second-order valence-corrected chi connectivity index (χ2v) is 8.84. The lowest BCUT2D eigenvalue weighted by atomic mass is 10.1. The molecule has 0 radical (unpaired) electrons. The molecule has 0 spiro atoms. The van der Waals surface area contributed by atoms with Crippen molar-refractivity contribution in [3.63, 3.8) is 0 Å². The summed E-state index contributed by atoms with van der Waals surface area (Å²) in [6.07, 6.45) is 6.31. The zero-order chi connectivity index (χ0) is 24.4. The van der Waals surface area contributed by atoms with Crippen LogP contribution in [0, 0.1) is 0 Å². The molecule has 1 fully saturated rings. The molecule has 2 heterocycles. The van der Waals surface area contributed by atoms with Crippen LogP contribution >= 0.6 is 0 Å². The second kappa shape index (κ2) is 9.66. The molecular formula is C24H30N6O4. The van der Waals surface area contributed by atoms with Crippen LogP contribution in [-0.2, 0) is 17.9 Å². The number of hydrogen-bond acceptors (Lipinski definition) is 5. The molecule has 1 aliphatic carbocycles. The maximum Gasteiger partial charge on any atom is 0.352 e. The van der Waals surface area contributed by atoms with Crippen molar-refractivity contribution < 1.29 is 9.59 Å². The maximum atomic E-state index is 13.3. The molecule has 1 aromatic carbocycles. The number of nitrogens with one attached hydrogen (secondary N) is 2. The Morgan fingerprint density at radius 2 is 2.00 bits per heavy atom. The Kier molecular flexibility index (Phi) is 6.67. The fraction of sp³-hybridized carbons (Fsp3) is 0.458. The fourth-order valence-corrected chi connectivity index (χ4v) is 4.34. The van der Waals surface area contributed by atoms with E-state index in [9.17, 15) is 19.2 Å². The molecule has 10 nitrogen and oxygen atoms in total. The largest absolute Gasteiger partial charge is 0.352 e. The molecule has 3 aromatic rings. The number of aromatic nitrogens is 4. The highest BCUT2D eigenvalue weighted by Crippen LogP contribution is 2.18. The van der Waals surface area contributed by atoms with Crippen molar-refractivity contribution >= 4 is 28.5 Å². The lowest BCUT2D eigenvalue weighted by molar-refractivity contribution is -0.122. The van der Waals surface area contributed by atoms with Crippen LogP contribution in [0.4, 0.5) is 0 Å². The molecule has 180 valence electrons. The molecule has 1 saturated carbocycles. The molecule has 1 aliphatic rings. The first kappa shape index (κ1) is 23.5. The minimum absolute atomic E-state index is 0.0207. The van der Waals surface area contributed by atoms with Gasteiger partial charge in [-0.2, -0.15) is 0 Å². The Morgan fingerprint density at radius 3 is 2.68 bits per heavy atom. The van der Waals surface area contributed by atoms with Gasteiger partial charge in [-0.3, -0.25) is 19.0 Å². The van der Waals surface area contributed by atoms with Crippen molar-refractivity contribution in [3.8, 4) is 0 Å². The summed E-state index contributed by atoms with van der Waals surface area (Å²) in [6.45, 7) is 7.44. The first-order valence-electron chi connectivity index (χ1n) is 11.7. The molecule has 2 aromatic heterocycles. The van der Waals surface area contributed by atoms with Gasteiger partial charge in [0.25, 0.3) is 11.5 Å². The average Bonchev–Trinajstić information content (AvgIpc) is 3.44. The number of carbonyl (C=O) groups is 2. The Morgan fingerprint density at radius 1 is 1.26 bits per heavy atom. The van der Waals surface area contributed by atoms with Gasteiger partial charge >= 0.3 is 5.69 Å². The number of nitrogens with zero attached hydrogens (tertiary/aromatic N) is 4. The van der Waals surface area contributed by atoms with Crippen LogP contribution in [0.5, 0.6) is 0 Å². The lowest BCUT2D eigenvalue weighted by Gasteiger charge is -2.12. The normalized spacial score (nSPS) is 15.0. The SMILES string of the molecule is C=CCn1c(=O)c2ccc(C(=O)NC(C)CC)cc2n2c(=O)n(CC(=O)NC3CCCC3)nc12. The van der Waals surface area contributed by atoms with Crippen molar-refractivity contribution in [3.05, 3.63) is 57.3 Å². The highest BCUT2D eigenvalue weighted by molar-refractivity contribution is 5.98. The summed E-state index contributed by atoms with van der Waals surface area (Å²) >= 11 is 0. The van der Waals surface area contributed by atoms with Gasteiger partial charge in [-0.15, -0.1) is 11.7 Å². The number of benzene rings is 1. The summed E-state index contributed by atoms with van der Waals surface area (Å²) in [5.74, 6) is -0.500. The molecule has 10 heteroatoms. The molecule has 1 atom stereocenters. The summed E-state index contributed by atoms with van der Waals surface area (Å²) in [5, 5.41) is 10.4. The van der Waals surface area contributed by atoms with Gasteiger partial charge in [-0.1, -0.05) is 25.8 Å². The Balaban J connectivity index is 1.82. The summed E-state index contributed by atoms with van der Waals surface area (Å²) in [5.41, 5.74) is -0.319. The molecule has 0 bridgehead atoms. The summed E-state index contributed by atoms with van der Waals surface area (Å²) in [4.78, 5) is 51.7. The van der Waals surface area contributed by atoms with Crippen LogP contribution in [-0.4, -0.2) is 42.6 Å². The predicted octanol–water partition coefficient (Wildman–Crippen LogP) is 1.58. The van der Waals surface area contributed by atoms with Crippen LogP contribution < -0.4 is 21.9 Å². The van der Waals surface area contributed by atoms with Crippen LogP contribution in [0.3, 0.4) is 0 Å². The number of allylic oxidation sites excluding steroid dienone is 1. The van der Waals surface area contributed by atoms with Gasteiger partial charge in [0.2, 0.25) is 11.7 Å². The number of amides is 2. The molecule has 1 unspecified atom stereocenters. The smallest absolute Gasteiger partial charge is 0.352 e. The lowest BCUT2D eigenvalue weighted by Crippen LogP contribution is -2.37. The highest BCUT2D eigenvalue weighted by Gasteiger charge is 2.22. The third-order valence-corrected chi connectivity index (χ3v) is 6.36. The monoisotopic (exact) mass is 466 g/mol. The molecular weight excluding hydrogens is 436 g/mol. The number of carbonyl (C=O) groups excluding carboxylic acids is 2. The van der Waals surface area contributed by atoms with Gasteiger partial charge in [0, 0.05) is 24.2 Å². The van der Waals surface area contributed by atoms with Crippen LogP contribution in [0.2, 0.25) is 0 Å². The minimum atomic E-state index is -0.557. The standard InChI is InChI=1S/C24H30N6O4/c1-4-12-28-22(33)18-11-10-16(21(32)25-15(3)5-2)13-19(18)30-23(28)27-29(24(30)34)14-20(31)26-17-8-6-7-9-17/h4,10-11,13,15,17H,1,5-9,12,14H2,2-3H3,(H,25,32)(H,26,31). The van der Waals surface area contributed by atoms with E-state index in [0.29, 0.717) is 5.56 Å². The molecule has 0 saturated heterocycles. The molecule has 4 rings (SSSR count). The fourth-order valence-electron chi connectivity index (χ4n) is 4.34. The Bertz CT molecular complexity index is 1380. The Hall–Kier alpha value is -3.69. The average molecular weight is 467 g/mol. The van der Waals surface area contributed by atoms with E-state index >= 15 is 0 Å². The second-order valence-electron chi connectivity index (χ2n) is 8.84. The van der Waals surface area contributed by atoms with E-state index < -0.39 is 5.69 Å². The third-order valence-electron chi connectivity index (χ3n) is 6.36. The van der Waals surface area contributed by atoms with Crippen LogP contribution in [0.1, 0.15) is 56.3 Å². The Labute approximate surface area is 196 Å². The first-order valence-corrected chi connectivity index (χ1v) is 11.7. The first-order chi connectivity index (χ1) is 16.3. The highest BCUT2D eigenvalue weighted by atomic mass is 16.2. The maximum absolute atomic E-state index is 13.3. The predicted molar refractivity (Wildman–Crippen MR) is 129 cm³/mol. The van der Waals surface area contributed by atoms with E-state index in [0.717, 1.165) is 36.8 Å². The molecule has 0 aliphatic heterocycles. The van der Waals surface area contributed by atoms with E-state index in [1.807, 2.05) is 13.8 Å². The zero-order valence-electron chi connectivity index (χ0n) is 19.5. The molecule has 2 N–H and O–H groups in total. The third kappa shape index (κ3) is 4.40. The summed E-state index contributed by atoms with van der Waals surface area (Å²) in [6, 6.07) is 4.72. The molecule has 2 amide bonds. The van der Waals surface area contributed by atoms with Gasteiger partial charge in [0.15, 0.2) is 0 Å². The van der Waals surface area contributed by atoms with E-state index in [2.05, 4.69) is 22.3 Å². The minimum Gasteiger partial charge on any atom is -0.352 e. The van der Waals surface area contributed by atoms with Gasteiger partial charge < -0.3 is 10.6 Å². The van der Waals surface area contributed by atoms with Crippen molar-refractivity contribution in [1.29, 1.82) is 0 Å². The van der Waals surface area contributed by atoms with Gasteiger partial charge in [0.1, 0.15) is 6.54 Å². The van der Waals surface area contributed by atoms with Gasteiger partial charge in [-0.25, -0.2) is 13.9 Å². The van der Waals surface area contributed by atoms with Crippen molar-refractivity contribution in [1.82, 2.24) is 29.4 Å². The van der Waals surface area contributed by atoms with Crippen LogP contribution in [0.15, 0.2) is 40.4 Å². The van der Waals surface area contributed by atoms with Crippen molar-refractivity contribution in [2.75, 3.05) is 0 Å². The van der Waals surface area contributed by atoms with E-state index in [-0.39, 0.29) is 59.2 Å². The molecule has 34 heavy (non-hydrogen) atoms. The van der Waals surface area contributed by atoms with Crippen LogP contribution in [0.25, 0.3) is 16.7 Å². The van der Waals surface area contributed by atoms with Crippen molar-refractivity contribution in [2.24, 2.45) is 0 Å². The summed E-state index contributed by atoms with van der Waals surface area (Å²) in [7, 11) is 0. The van der Waals surface area contributed by atoms with Gasteiger partial charge in [-0.05, 0) is 44.4 Å². The van der Waals surface area contributed by atoms with Crippen molar-refractivity contribution in [2.45, 2.75) is 71.1 Å². The zero-order valence-corrected chi connectivity index (χ0v) is 19.5. The summed E-state index contributed by atoms with van der Waals surface area (Å²) < 4.78 is 3.67. The number of hydrogen-bond donors (Lipinski definition) is 2. The quantitative estimate of drug-likeness (QED) is 0.489. The van der Waals surface area contributed by atoms with E-state index in [1.165, 1.54) is 21.1 Å². The number of fused-ring (bicyclic) bond motifs is 3. The van der Waals surface area contributed by atoms with Gasteiger partial charge in [0.05, 0.1) is 10.9 Å². The van der Waals surface area contributed by atoms with E-state index in [1.54, 1.807) is 12.1 Å². The number of rotatable bonds is 8.